The summed E-state index contributed by atoms with van der Waals surface area (Å²) in [7, 11) is 0. The van der Waals surface area contributed by atoms with Crippen LogP contribution in [0.4, 0.5) is 0 Å². The van der Waals surface area contributed by atoms with Crippen LogP contribution < -0.4 is 0 Å². The van der Waals surface area contributed by atoms with Crippen molar-refractivity contribution in [1.29, 1.82) is 0 Å². The molecule has 2 heterocycles. The van der Waals surface area contributed by atoms with E-state index in [4.69, 9.17) is 9.47 Å². The fourth-order valence-corrected chi connectivity index (χ4v) is 2.20. The topological polar surface area (TPSA) is 55.8 Å². The van der Waals surface area contributed by atoms with Gasteiger partial charge in [-0.25, -0.2) is 0 Å². The molecule has 1 fully saturated rings. The number of imide groups is 1. The van der Waals surface area contributed by atoms with Crippen LogP contribution in [-0.2, 0) is 9.47 Å². The second kappa shape index (κ2) is 4.51. The van der Waals surface area contributed by atoms with Crippen molar-refractivity contribution in [2.75, 3.05) is 19.8 Å². The Morgan fingerprint density at radius 1 is 1.06 bits per heavy atom. The summed E-state index contributed by atoms with van der Waals surface area (Å²) in [4.78, 5) is 25.3. The number of nitrogens with zero attached hydrogens (tertiary/aromatic N) is 1. The Morgan fingerprint density at radius 2 is 1.61 bits per heavy atom. The van der Waals surface area contributed by atoms with Gasteiger partial charge in [-0.2, -0.15) is 0 Å². The summed E-state index contributed by atoms with van der Waals surface area (Å²) in [6.07, 6.45) is 0.347. The van der Waals surface area contributed by atoms with Crippen LogP contribution in [0.25, 0.3) is 0 Å². The summed E-state index contributed by atoms with van der Waals surface area (Å²) in [6.45, 7) is 1.37. The molecule has 3 rings (SSSR count). The number of rotatable bonds is 2. The second-order valence-electron chi connectivity index (χ2n) is 4.29. The molecule has 5 nitrogen and oxygen atoms in total. The lowest BCUT2D eigenvalue weighted by molar-refractivity contribution is -0.180. The molecule has 0 aromatic heterocycles. The molecule has 0 radical (unpaired) electrons. The molecule has 0 atom stereocenters. The predicted molar refractivity (Wildman–Crippen MR) is 62.1 cm³/mol. The Kier molecular flexibility index (Phi) is 2.85. The van der Waals surface area contributed by atoms with Crippen LogP contribution >= 0.6 is 0 Å². The number of amides is 2. The molecule has 5 heteroatoms. The van der Waals surface area contributed by atoms with Gasteiger partial charge in [-0.05, 0) is 18.6 Å². The minimum Gasteiger partial charge on any atom is -0.351 e. The highest BCUT2D eigenvalue weighted by molar-refractivity contribution is 6.21. The molecule has 0 N–H and O–H groups in total. The first-order chi connectivity index (χ1) is 8.77. The molecule has 0 spiro atoms. The van der Waals surface area contributed by atoms with Crippen molar-refractivity contribution in [1.82, 2.24) is 4.90 Å². The summed E-state index contributed by atoms with van der Waals surface area (Å²) in [5.41, 5.74) is 0.914. The molecule has 1 aromatic rings. The zero-order chi connectivity index (χ0) is 12.5. The third-order valence-electron chi connectivity index (χ3n) is 3.11. The molecule has 1 saturated heterocycles. The Morgan fingerprint density at radius 3 is 2.17 bits per heavy atom. The molecule has 0 aliphatic carbocycles. The summed E-state index contributed by atoms with van der Waals surface area (Å²) >= 11 is 0. The minimum atomic E-state index is -0.499. The normalized spacial score (nSPS) is 20.3. The fourth-order valence-electron chi connectivity index (χ4n) is 2.20. The number of hydrogen-bond acceptors (Lipinski definition) is 4. The van der Waals surface area contributed by atoms with Crippen LogP contribution in [0.15, 0.2) is 24.3 Å². The number of hydrogen-bond donors (Lipinski definition) is 0. The number of ether oxygens (including phenoxy) is 2. The molecule has 2 aliphatic rings. The second-order valence-corrected chi connectivity index (χ2v) is 4.29. The van der Waals surface area contributed by atoms with Crippen LogP contribution in [0.3, 0.4) is 0 Å². The zero-order valence-electron chi connectivity index (χ0n) is 9.80. The lowest BCUT2D eigenvalue weighted by Crippen LogP contribution is -2.41. The third kappa shape index (κ3) is 1.81. The summed E-state index contributed by atoms with van der Waals surface area (Å²) in [5.74, 6) is -0.540. The van der Waals surface area contributed by atoms with Crippen LogP contribution in [0.1, 0.15) is 27.1 Å². The van der Waals surface area contributed by atoms with Crippen LogP contribution in [-0.4, -0.2) is 42.8 Å². The van der Waals surface area contributed by atoms with Gasteiger partial charge in [-0.1, -0.05) is 12.1 Å². The van der Waals surface area contributed by atoms with E-state index in [9.17, 15) is 9.59 Å². The zero-order valence-corrected chi connectivity index (χ0v) is 9.80. The van der Waals surface area contributed by atoms with E-state index in [1.54, 1.807) is 24.3 Å². The van der Waals surface area contributed by atoms with Crippen molar-refractivity contribution in [3.05, 3.63) is 35.4 Å². The quantitative estimate of drug-likeness (QED) is 0.733. The average molecular weight is 247 g/mol. The minimum absolute atomic E-state index is 0.159. The summed E-state index contributed by atoms with van der Waals surface area (Å²) in [5, 5.41) is 0. The van der Waals surface area contributed by atoms with Gasteiger partial charge in [0.1, 0.15) is 0 Å². The van der Waals surface area contributed by atoms with Crippen molar-refractivity contribution >= 4 is 11.8 Å². The molecular weight excluding hydrogens is 234 g/mol. The Balaban J connectivity index is 1.79. The molecule has 2 aliphatic heterocycles. The van der Waals surface area contributed by atoms with Gasteiger partial charge in [0.05, 0.1) is 30.9 Å². The molecular formula is C13H13NO4. The van der Waals surface area contributed by atoms with E-state index in [0.717, 1.165) is 6.42 Å². The first-order valence-corrected chi connectivity index (χ1v) is 5.96. The number of carbonyl (C=O) groups excluding carboxylic acids is 2. The lowest BCUT2D eigenvalue weighted by Gasteiger charge is -2.26. The maximum Gasteiger partial charge on any atom is 0.261 e. The van der Waals surface area contributed by atoms with Crippen LogP contribution in [0, 0.1) is 0 Å². The molecule has 0 bridgehead atoms. The summed E-state index contributed by atoms with van der Waals surface area (Å²) in [6, 6.07) is 6.83. The number of benzene rings is 1. The lowest BCUT2D eigenvalue weighted by atomic mass is 10.1. The van der Waals surface area contributed by atoms with Gasteiger partial charge in [0, 0.05) is 0 Å². The molecule has 0 unspecified atom stereocenters. The highest BCUT2D eigenvalue weighted by Crippen LogP contribution is 2.23. The van der Waals surface area contributed by atoms with Gasteiger partial charge in [0.25, 0.3) is 11.8 Å². The van der Waals surface area contributed by atoms with Gasteiger partial charge in [0.15, 0.2) is 6.29 Å². The van der Waals surface area contributed by atoms with Crippen molar-refractivity contribution in [3.63, 3.8) is 0 Å². The molecule has 0 saturated carbocycles. The van der Waals surface area contributed by atoms with Gasteiger partial charge in [-0.3, -0.25) is 14.5 Å². The molecule has 18 heavy (non-hydrogen) atoms. The van der Waals surface area contributed by atoms with E-state index in [1.165, 1.54) is 4.90 Å². The van der Waals surface area contributed by atoms with E-state index >= 15 is 0 Å². The fraction of sp³-hybridized carbons (Fsp3) is 0.385. The van der Waals surface area contributed by atoms with Crippen molar-refractivity contribution in [3.8, 4) is 0 Å². The maximum atomic E-state index is 12.1. The van der Waals surface area contributed by atoms with Crippen LogP contribution in [0.5, 0.6) is 0 Å². The van der Waals surface area contributed by atoms with E-state index in [-0.39, 0.29) is 18.4 Å². The van der Waals surface area contributed by atoms with E-state index in [2.05, 4.69) is 0 Å². The number of carbonyl (C=O) groups is 2. The van der Waals surface area contributed by atoms with Crippen LogP contribution in [0.2, 0.25) is 0 Å². The van der Waals surface area contributed by atoms with Crippen molar-refractivity contribution in [2.24, 2.45) is 0 Å². The Hall–Kier alpha value is -1.72. The molecule has 2 amide bonds. The van der Waals surface area contributed by atoms with Crippen molar-refractivity contribution in [2.45, 2.75) is 12.7 Å². The highest BCUT2D eigenvalue weighted by atomic mass is 16.7. The van der Waals surface area contributed by atoms with E-state index in [1.807, 2.05) is 0 Å². The monoisotopic (exact) mass is 247 g/mol. The SMILES string of the molecule is O=C1c2ccccc2C(=O)N1CC1OCCCO1. The first-order valence-electron chi connectivity index (χ1n) is 5.96. The van der Waals surface area contributed by atoms with Crippen molar-refractivity contribution < 1.29 is 19.1 Å². The van der Waals surface area contributed by atoms with Gasteiger partial charge in [-0.15, -0.1) is 0 Å². The Labute approximate surface area is 104 Å². The van der Waals surface area contributed by atoms with Gasteiger partial charge in [0.2, 0.25) is 0 Å². The van der Waals surface area contributed by atoms with Gasteiger partial charge >= 0.3 is 0 Å². The predicted octanol–water partition coefficient (Wildman–Crippen LogP) is 1.05. The molecule has 1 aromatic carbocycles. The third-order valence-corrected chi connectivity index (χ3v) is 3.11. The summed E-state index contributed by atoms with van der Waals surface area (Å²) < 4.78 is 10.7. The standard InChI is InChI=1S/C13H13NO4/c15-12-9-4-1-2-5-10(9)13(16)14(12)8-11-17-6-3-7-18-11/h1-2,4-5,11H,3,6-8H2. The molecule has 94 valence electrons. The van der Waals surface area contributed by atoms with Gasteiger partial charge < -0.3 is 9.47 Å². The highest BCUT2D eigenvalue weighted by Gasteiger charge is 2.37. The maximum absolute atomic E-state index is 12.1. The van der Waals surface area contributed by atoms with E-state index < -0.39 is 6.29 Å². The average Bonchev–Trinajstić information content (AvgIpc) is 2.66. The smallest absolute Gasteiger partial charge is 0.261 e. The largest absolute Gasteiger partial charge is 0.351 e. The Bertz CT molecular complexity index is 459. The van der Waals surface area contributed by atoms with E-state index in [0.29, 0.717) is 24.3 Å². The first kappa shape index (κ1) is 11.4. The number of fused-ring (bicyclic) bond motifs is 1.